The molecular weight excluding hydrogens is 552 g/mol. The summed E-state index contributed by atoms with van der Waals surface area (Å²) in [5.74, 6) is -0.619. The fourth-order valence-corrected chi connectivity index (χ4v) is 6.29. The Morgan fingerprint density at radius 3 is 2.57 bits per heavy atom. The molecule has 9 nitrogen and oxygen atoms in total. The number of nitrogens with zero attached hydrogens (tertiary/aromatic N) is 4. The Balaban J connectivity index is 1.55. The molecule has 5 aromatic rings. The smallest absolute Gasteiger partial charge is 0.301 e. The zero-order valence-corrected chi connectivity index (χ0v) is 24.6. The van der Waals surface area contributed by atoms with Crippen molar-refractivity contribution in [3.63, 3.8) is 0 Å². The number of ketones is 1. The van der Waals surface area contributed by atoms with Crippen molar-refractivity contribution in [1.29, 1.82) is 0 Å². The Morgan fingerprint density at radius 2 is 1.81 bits per heavy atom. The predicted octanol–water partition coefficient (Wildman–Crippen LogP) is 6.37. The van der Waals surface area contributed by atoms with Gasteiger partial charge in [-0.25, -0.2) is 9.97 Å². The maximum atomic E-state index is 13.8. The number of carbonyl (C=O) groups is 2. The average molecular weight is 583 g/mol. The quantitative estimate of drug-likeness (QED) is 0.129. The second-order valence-corrected chi connectivity index (χ2v) is 11.1. The van der Waals surface area contributed by atoms with Gasteiger partial charge in [-0.1, -0.05) is 36.5 Å². The number of aliphatic hydroxyl groups is 1. The number of thiazole rings is 1. The van der Waals surface area contributed by atoms with E-state index in [9.17, 15) is 14.7 Å². The van der Waals surface area contributed by atoms with E-state index >= 15 is 0 Å². The maximum Gasteiger partial charge on any atom is 0.301 e. The molecule has 0 aliphatic carbocycles. The molecule has 0 radical (unpaired) electrons. The number of aryl methyl sites for hydroxylation is 2. The second kappa shape index (κ2) is 10.9. The Morgan fingerprint density at radius 1 is 1.00 bits per heavy atom. The first kappa shape index (κ1) is 27.5. The van der Waals surface area contributed by atoms with Crippen LogP contribution < -0.4 is 14.4 Å². The van der Waals surface area contributed by atoms with Crippen LogP contribution in [0, 0.1) is 13.8 Å². The molecular formula is C32H30N4O5S. The van der Waals surface area contributed by atoms with Crippen LogP contribution in [0.4, 0.5) is 5.13 Å². The molecule has 1 unspecified atom stereocenters. The minimum atomic E-state index is -0.951. The molecule has 0 saturated carbocycles. The molecule has 10 heteroatoms. The lowest BCUT2D eigenvalue weighted by Gasteiger charge is -2.23. The molecule has 1 N–H and O–H groups in total. The van der Waals surface area contributed by atoms with Crippen molar-refractivity contribution < 1.29 is 24.2 Å². The van der Waals surface area contributed by atoms with Gasteiger partial charge >= 0.3 is 5.91 Å². The predicted molar refractivity (Wildman–Crippen MR) is 162 cm³/mol. The Bertz CT molecular complexity index is 1890. The van der Waals surface area contributed by atoms with E-state index in [2.05, 4.69) is 4.98 Å². The number of Topliss-reactive ketones (excluding diaryl/α,β-unsaturated/α-hetero) is 1. The van der Waals surface area contributed by atoms with Crippen molar-refractivity contribution in [2.75, 3.05) is 18.1 Å². The van der Waals surface area contributed by atoms with Crippen LogP contribution in [0.1, 0.15) is 48.8 Å². The lowest BCUT2D eigenvalue weighted by molar-refractivity contribution is -0.132. The first-order chi connectivity index (χ1) is 20.3. The number of aliphatic hydroxyl groups excluding tert-OH is 1. The molecule has 1 aliphatic rings. The van der Waals surface area contributed by atoms with Gasteiger partial charge < -0.3 is 19.0 Å². The number of anilines is 1. The minimum absolute atomic E-state index is 0.0499. The van der Waals surface area contributed by atoms with Gasteiger partial charge in [-0.2, -0.15) is 0 Å². The number of imidazole rings is 1. The minimum Gasteiger partial charge on any atom is -0.505 e. The number of amides is 1. The molecule has 1 saturated heterocycles. The highest BCUT2D eigenvalue weighted by Crippen LogP contribution is 2.45. The zero-order valence-electron chi connectivity index (χ0n) is 23.7. The van der Waals surface area contributed by atoms with E-state index in [0.29, 0.717) is 52.3 Å². The number of benzene rings is 2. The summed E-state index contributed by atoms with van der Waals surface area (Å²) in [6.07, 6.45) is 2.68. The van der Waals surface area contributed by atoms with E-state index in [1.54, 1.807) is 6.07 Å². The summed E-state index contributed by atoms with van der Waals surface area (Å²) in [6.45, 7) is 8.71. The van der Waals surface area contributed by atoms with Gasteiger partial charge in [-0.3, -0.25) is 14.5 Å². The van der Waals surface area contributed by atoms with Gasteiger partial charge in [0.2, 0.25) is 0 Å². The van der Waals surface area contributed by atoms with Gasteiger partial charge in [-0.15, -0.1) is 0 Å². The van der Waals surface area contributed by atoms with Crippen molar-refractivity contribution in [1.82, 2.24) is 14.4 Å². The summed E-state index contributed by atoms with van der Waals surface area (Å²) >= 11 is 1.28. The molecule has 0 spiro atoms. The third-order valence-corrected chi connectivity index (χ3v) is 8.28. The molecule has 4 heterocycles. The van der Waals surface area contributed by atoms with Gasteiger partial charge in [0, 0.05) is 6.20 Å². The number of hydrogen-bond donors (Lipinski definition) is 1. The number of carbonyl (C=O) groups excluding carboxylic acids is 2. The highest BCUT2D eigenvalue weighted by atomic mass is 32.1. The van der Waals surface area contributed by atoms with Crippen molar-refractivity contribution in [3.8, 4) is 11.5 Å². The SMILES string of the molecule is CCCOc1cccc(C2/C(=C(\O)c3nc4c(C)cccn4c3C)C(=O)C(=O)N2c2nc3ccc(OCC)cc3s2)c1. The Kier molecular flexibility index (Phi) is 7.16. The monoisotopic (exact) mass is 582 g/mol. The molecule has 1 fully saturated rings. The van der Waals surface area contributed by atoms with E-state index in [1.807, 2.05) is 86.8 Å². The summed E-state index contributed by atoms with van der Waals surface area (Å²) < 4.78 is 14.2. The molecule has 1 amide bonds. The third-order valence-electron chi connectivity index (χ3n) is 7.27. The number of aromatic nitrogens is 3. The summed E-state index contributed by atoms with van der Waals surface area (Å²) in [5, 5.41) is 12.1. The maximum absolute atomic E-state index is 13.8. The van der Waals surface area contributed by atoms with E-state index in [1.165, 1.54) is 16.2 Å². The van der Waals surface area contributed by atoms with E-state index < -0.39 is 17.7 Å². The molecule has 0 bridgehead atoms. The molecule has 1 atom stereocenters. The molecule has 214 valence electrons. The van der Waals surface area contributed by atoms with Gasteiger partial charge in [-0.05, 0) is 74.7 Å². The average Bonchev–Trinajstić information content (AvgIpc) is 3.64. The molecule has 6 rings (SSSR count). The number of pyridine rings is 1. The van der Waals surface area contributed by atoms with Crippen molar-refractivity contribution >= 4 is 49.8 Å². The molecule has 3 aromatic heterocycles. The van der Waals surface area contributed by atoms with E-state index in [-0.39, 0.29) is 17.0 Å². The second-order valence-electron chi connectivity index (χ2n) is 10.1. The fraction of sp³-hybridized carbons (Fsp3) is 0.250. The van der Waals surface area contributed by atoms with Crippen molar-refractivity contribution in [2.24, 2.45) is 0 Å². The van der Waals surface area contributed by atoms with Crippen LogP contribution in [-0.2, 0) is 9.59 Å². The lowest BCUT2D eigenvalue weighted by Crippen LogP contribution is -2.29. The number of ether oxygens (including phenoxy) is 2. The van der Waals surface area contributed by atoms with Crippen LogP contribution in [0.5, 0.6) is 11.5 Å². The van der Waals surface area contributed by atoms with Crippen LogP contribution in [0.25, 0.3) is 21.6 Å². The van der Waals surface area contributed by atoms with Gasteiger partial charge in [0.1, 0.15) is 22.8 Å². The fourth-order valence-electron chi connectivity index (χ4n) is 5.27. The Labute approximate surface area is 246 Å². The topological polar surface area (TPSA) is 106 Å². The van der Waals surface area contributed by atoms with Crippen LogP contribution >= 0.6 is 11.3 Å². The molecule has 42 heavy (non-hydrogen) atoms. The summed E-state index contributed by atoms with van der Waals surface area (Å²) in [4.78, 5) is 38.3. The third kappa shape index (κ3) is 4.57. The van der Waals surface area contributed by atoms with Crippen LogP contribution in [0.2, 0.25) is 0 Å². The van der Waals surface area contributed by atoms with Gasteiger partial charge in [0.05, 0.1) is 40.7 Å². The number of fused-ring (bicyclic) bond motifs is 2. The summed E-state index contributed by atoms with van der Waals surface area (Å²) in [5.41, 5.74) is 3.70. The van der Waals surface area contributed by atoms with Gasteiger partial charge in [0.15, 0.2) is 10.9 Å². The largest absolute Gasteiger partial charge is 0.505 e. The normalized spacial score (nSPS) is 16.6. The summed E-state index contributed by atoms with van der Waals surface area (Å²) in [7, 11) is 0. The Hall–Kier alpha value is -4.70. The first-order valence-corrected chi connectivity index (χ1v) is 14.7. The number of rotatable bonds is 8. The molecule has 1 aliphatic heterocycles. The zero-order chi connectivity index (χ0) is 29.5. The molecule has 2 aromatic carbocycles. The highest BCUT2D eigenvalue weighted by molar-refractivity contribution is 7.22. The van der Waals surface area contributed by atoms with Crippen molar-refractivity contribution in [2.45, 2.75) is 40.2 Å². The van der Waals surface area contributed by atoms with Crippen LogP contribution in [-0.4, -0.2) is 44.4 Å². The van der Waals surface area contributed by atoms with E-state index in [0.717, 1.165) is 16.7 Å². The summed E-state index contributed by atoms with van der Waals surface area (Å²) in [6, 6.07) is 15.6. The highest BCUT2D eigenvalue weighted by Gasteiger charge is 2.48. The van der Waals surface area contributed by atoms with Crippen LogP contribution in [0.15, 0.2) is 66.4 Å². The van der Waals surface area contributed by atoms with Gasteiger partial charge in [0.25, 0.3) is 5.78 Å². The van der Waals surface area contributed by atoms with Crippen LogP contribution in [0.3, 0.4) is 0 Å². The standard InChI is InChI=1S/C32H30N4O5S/c1-5-15-41-21-11-7-10-20(16-21)27-25(28(37)26-19(4)35-14-8-9-18(3)30(35)34-26)29(38)31(39)36(27)32-33-23-13-12-22(40-6-2)17-24(23)42-32/h7-14,16-17,27,37H,5-6,15H2,1-4H3/b28-25+. The number of hydrogen-bond acceptors (Lipinski definition) is 8. The van der Waals surface area contributed by atoms with Crippen molar-refractivity contribution in [3.05, 3.63) is 88.9 Å². The van der Waals surface area contributed by atoms with E-state index in [4.69, 9.17) is 14.5 Å². The lowest BCUT2D eigenvalue weighted by atomic mass is 9.96. The first-order valence-electron chi connectivity index (χ1n) is 13.8.